The summed E-state index contributed by atoms with van der Waals surface area (Å²) in [6.07, 6.45) is 1.92. The zero-order valence-corrected chi connectivity index (χ0v) is 11.7. The van der Waals surface area contributed by atoms with Gasteiger partial charge in [-0.3, -0.25) is 4.79 Å². The van der Waals surface area contributed by atoms with E-state index >= 15 is 0 Å². The number of carbonyl (C=O) groups excluding carboxylic acids is 1. The van der Waals surface area contributed by atoms with Crippen molar-refractivity contribution in [2.24, 2.45) is 5.16 Å². The van der Waals surface area contributed by atoms with Gasteiger partial charge in [0.1, 0.15) is 25.1 Å². The third kappa shape index (κ3) is 3.33. The van der Waals surface area contributed by atoms with E-state index in [1.54, 1.807) is 0 Å². The Kier molecular flexibility index (Phi) is 4.45. The SMILES string of the molecule is CO/N=C(\C)c1cccc(Nc2ncnc(N)c2C=O)c1. The average molecular weight is 285 g/mol. The minimum Gasteiger partial charge on any atom is -0.399 e. The largest absolute Gasteiger partial charge is 0.399 e. The van der Waals surface area contributed by atoms with E-state index in [1.807, 2.05) is 31.2 Å². The monoisotopic (exact) mass is 285 g/mol. The Morgan fingerprint density at radius 1 is 1.43 bits per heavy atom. The molecule has 1 heterocycles. The molecule has 7 nitrogen and oxygen atoms in total. The zero-order valence-electron chi connectivity index (χ0n) is 11.7. The number of hydrogen-bond acceptors (Lipinski definition) is 7. The number of hydrogen-bond donors (Lipinski definition) is 2. The molecule has 2 aromatic rings. The highest BCUT2D eigenvalue weighted by atomic mass is 16.6. The van der Waals surface area contributed by atoms with Gasteiger partial charge in [0.25, 0.3) is 0 Å². The fraction of sp³-hybridized carbons (Fsp3) is 0.143. The van der Waals surface area contributed by atoms with E-state index in [0.717, 1.165) is 17.0 Å². The zero-order chi connectivity index (χ0) is 15.2. The van der Waals surface area contributed by atoms with Crippen LogP contribution in [-0.4, -0.2) is 29.1 Å². The number of nitrogens with two attached hydrogens (primary N) is 1. The minimum atomic E-state index is 0.135. The summed E-state index contributed by atoms with van der Waals surface area (Å²) in [7, 11) is 1.49. The first-order valence-electron chi connectivity index (χ1n) is 6.16. The molecule has 2 rings (SSSR count). The molecule has 0 saturated carbocycles. The van der Waals surface area contributed by atoms with Gasteiger partial charge in [-0.1, -0.05) is 17.3 Å². The number of rotatable bonds is 5. The number of nitrogens with zero attached hydrogens (tertiary/aromatic N) is 3. The van der Waals surface area contributed by atoms with Gasteiger partial charge in [0.05, 0.1) is 11.3 Å². The molecule has 1 aromatic carbocycles. The molecule has 0 bridgehead atoms. The van der Waals surface area contributed by atoms with Crippen molar-refractivity contribution in [3.8, 4) is 0 Å². The highest BCUT2D eigenvalue weighted by Gasteiger charge is 2.09. The summed E-state index contributed by atoms with van der Waals surface area (Å²) in [6.45, 7) is 1.84. The fourth-order valence-corrected chi connectivity index (χ4v) is 1.77. The lowest BCUT2D eigenvalue weighted by molar-refractivity contribution is 0.112. The number of aldehydes is 1. The lowest BCUT2D eigenvalue weighted by Crippen LogP contribution is -2.05. The van der Waals surface area contributed by atoms with Crippen LogP contribution >= 0.6 is 0 Å². The van der Waals surface area contributed by atoms with Crippen LogP contribution in [0.2, 0.25) is 0 Å². The minimum absolute atomic E-state index is 0.135. The molecule has 0 aliphatic heterocycles. The summed E-state index contributed by atoms with van der Waals surface area (Å²) < 4.78 is 0. The van der Waals surface area contributed by atoms with Gasteiger partial charge in [-0.2, -0.15) is 0 Å². The first kappa shape index (κ1) is 14.4. The number of carbonyl (C=O) groups is 1. The summed E-state index contributed by atoms with van der Waals surface area (Å²) >= 11 is 0. The number of benzene rings is 1. The van der Waals surface area contributed by atoms with Crippen LogP contribution in [0.3, 0.4) is 0 Å². The number of anilines is 3. The molecule has 0 spiro atoms. The fourth-order valence-electron chi connectivity index (χ4n) is 1.77. The Hall–Kier alpha value is -2.96. The van der Waals surface area contributed by atoms with Crippen molar-refractivity contribution in [3.05, 3.63) is 41.7 Å². The molecule has 0 amide bonds. The van der Waals surface area contributed by atoms with Crippen LogP contribution in [0.5, 0.6) is 0 Å². The number of nitrogen functional groups attached to an aromatic ring is 1. The number of oxime groups is 1. The third-order valence-corrected chi connectivity index (χ3v) is 2.80. The summed E-state index contributed by atoms with van der Waals surface area (Å²) in [6, 6.07) is 7.47. The molecule has 0 atom stereocenters. The van der Waals surface area contributed by atoms with E-state index in [0.29, 0.717) is 12.1 Å². The molecular formula is C14H15N5O2. The topological polar surface area (TPSA) is 102 Å². The maximum absolute atomic E-state index is 11.1. The average Bonchev–Trinajstić information content (AvgIpc) is 2.48. The van der Waals surface area contributed by atoms with E-state index in [9.17, 15) is 4.79 Å². The molecule has 0 unspecified atom stereocenters. The van der Waals surface area contributed by atoms with Crippen molar-refractivity contribution in [2.45, 2.75) is 6.92 Å². The summed E-state index contributed by atoms with van der Waals surface area (Å²) in [5, 5.41) is 6.92. The molecule has 0 aliphatic rings. The Balaban J connectivity index is 2.33. The highest BCUT2D eigenvalue weighted by Crippen LogP contribution is 2.21. The predicted octanol–water partition coefficient (Wildman–Crippen LogP) is 1.99. The van der Waals surface area contributed by atoms with Gasteiger partial charge in [0.15, 0.2) is 6.29 Å². The molecular weight excluding hydrogens is 270 g/mol. The molecule has 3 N–H and O–H groups in total. The van der Waals surface area contributed by atoms with Crippen LogP contribution in [-0.2, 0) is 4.84 Å². The molecule has 108 valence electrons. The van der Waals surface area contributed by atoms with Gasteiger partial charge < -0.3 is 15.9 Å². The molecule has 7 heteroatoms. The van der Waals surface area contributed by atoms with E-state index in [2.05, 4.69) is 20.4 Å². The second-order valence-electron chi connectivity index (χ2n) is 4.20. The Bertz CT molecular complexity index is 685. The molecule has 0 fully saturated rings. The molecule has 0 saturated heterocycles. The van der Waals surface area contributed by atoms with E-state index in [4.69, 9.17) is 10.6 Å². The molecule has 21 heavy (non-hydrogen) atoms. The Labute approximate surface area is 121 Å². The van der Waals surface area contributed by atoms with Crippen molar-refractivity contribution in [1.82, 2.24) is 9.97 Å². The first-order valence-corrected chi connectivity index (χ1v) is 6.16. The van der Waals surface area contributed by atoms with Gasteiger partial charge in [-0.05, 0) is 19.1 Å². The summed E-state index contributed by atoms with van der Waals surface area (Å²) in [4.78, 5) is 23.6. The van der Waals surface area contributed by atoms with Gasteiger partial charge in [-0.15, -0.1) is 0 Å². The predicted molar refractivity (Wildman–Crippen MR) is 80.8 cm³/mol. The maximum atomic E-state index is 11.1. The second-order valence-corrected chi connectivity index (χ2v) is 4.20. The van der Waals surface area contributed by atoms with E-state index in [-0.39, 0.29) is 11.4 Å². The third-order valence-electron chi connectivity index (χ3n) is 2.80. The highest BCUT2D eigenvalue weighted by molar-refractivity contribution is 5.99. The Morgan fingerprint density at radius 2 is 2.24 bits per heavy atom. The molecule has 0 aliphatic carbocycles. The van der Waals surface area contributed by atoms with Crippen LogP contribution in [0.15, 0.2) is 35.7 Å². The summed E-state index contributed by atoms with van der Waals surface area (Å²) in [5.74, 6) is 0.492. The van der Waals surface area contributed by atoms with Gasteiger partial charge in [0.2, 0.25) is 0 Å². The quantitative estimate of drug-likeness (QED) is 0.494. The van der Waals surface area contributed by atoms with Crippen molar-refractivity contribution < 1.29 is 9.63 Å². The van der Waals surface area contributed by atoms with Crippen LogP contribution in [0.25, 0.3) is 0 Å². The molecule has 1 aromatic heterocycles. The van der Waals surface area contributed by atoms with E-state index in [1.165, 1.54) is 13.4 Å². The number of nitrogens with one attached hydrogen (secondary N) is 1. The maximum Gasteiger partial charge on any atom is 0.157 e. The normalized spacial score (nSPS) is 11.0. The Morgan fingerprint density at radius 3 is 2.95 bits per heavy atom. The smallest absolute Gasteiger partial charge is 0.157 e. The van der Waals surface area contributed by atoms with Crippen LogP contribution in [0.1, 0.15) is 22.8 Å². The van der Waals surface area contributed by atoms with E-state index < -0.39 is 0 Å². The van der Waals surface area contributed by atoms with Gasteiger partial charge in [-0.25, -0.2) is 9.97 Å². The summed E-state index contributed by atoms with van der Waals surface area (Å²) in [5.41, 5.74) is 8.24. The van der Waals surface area contributed by atoms with Crippen LogP contribution in [0, 0.1) is 0 Å². The second kappa shape index (κ2) is 6.47. The van der Waals surface area contributed by atoms with Crippen molar-refractivity contribution in [2.75, 3.05) is 18.2 Å². The van der Waals surface area contributed by atoms with Gasteiger partial charge >= 0.3 is 0 Å². The number of aromatic nitrogens is 2. The van der Waals surface area contributed by atoms with Gasteiger partial charge in [0, 0.05) is 11.3 Å². The van der Waals surface area contributed by atoms with Crippen molar-refractivity contribution in [3.63, 3.8) is 0 Å². The van der Waals surface area contributed by atoms with Crippen LogP contribution < -0.4 is 11.1 Å². The molecule has 0 radical (unpaired) electrons. The van der Waals surface area contributed by atoms with Crippen LogP contribution in [0.4, 0.5) is 17.3 Å². The van der Waals surface area contributed by atoms with Crippen molar-refractivity contribution >= 4 is 29.3 Å². The standard InChI is InChI=1S/C14H15N5O2/c1-9(19-21-2)10-4-3-5-11(6-10)18-14-12(7-20)13(15)16-8-17-14/h3-8H,1-2H3,(H3,15,16,17,18)/b19-9+. The van der Waals surface area contributed by atoms with Crippen molar-refractivity contribution in [1.29, 1.82) is 0 Å². The lowest BCUT2D eigenvalue weighted by Gasteiger charge is -2.10. The first-order chi connectivity index (χ1) is 10.2. The lowest BCUT2D eigenvalue weighted by atomic mass is 10.1.